The number of piperazine rings is 1. The van der Waals surface area contributed by atoms with Crippen LogP contribution in [-0.2, 0) is 7.05 Å². The molecular formula is C12H21N5O. The summed E-state index contributed by atoms with van der Waals surface area (Å²) in [5, 5.41) is 4.15. The summed E-state index contributed by atoms with van der Waals surface area (Å²) in [7, 11) is 1.82. The molecule has 1 fully saturated rings. The molecule has 1 saturated heterocycles. The number of carbonyl (C=O) groups is 1. The van der Waals surface area contributed by atoms with Crippen molar-refractivity contribution in [1.29, 1.82) is 0 Å². The lowest BCUT2D eigenvalue weighted by Gasteiger charge is -2.37. The van der Waals surface area contributed by atoms with Gasteiger partial charge in [0.2, 0.25) is 0 Å². The molecule has 6 nitrogen and oxygen atoms in total. The van der Waals surface area contributed by atoms with Crippen LogP contribution in [0.15, 0.2) is 12.3 Å². The lowest BCUT2D eigenvalue weighted by atomic mass is 10.2. The van der Waals surface area contributed by atoms with Crippen LogP contribution < -0.4 is 5.73 Å². The summed E-state index contributed by atoms with van der Waals surface area (Å²) in [6.45, 7) is 6.05. The zero-order valence-corrected chi connectivity index (χ0v) is 11.0. The van der Waals surface area contributed by atoms with E-state index in [4.69, 9.17) is 5.73 Å². The van der Waals surface area contributed by atoms with Crippen LogP contribution in [0.1, 0.15) is 17.4 Å². The molecular weight excluding hydrogens is 230 g/mol. The maximum Gasteiger partial charge on any atom is 0.274 e. The molecule has 1 unspecified atom stereocenters. The molecule has 2 rings (SSSR count). The Morgan fingerprint density at radius 3 is 2.61 bits per heavy atom. The molecule has 0 aliphatic carbocycles. The summed E-state index contributed by atoms with van der Waals surface area (Å²) < 4.78 is 1.65. The van der Waals surface area contributed by atoms with Gasteiger partial charge in [-0.2, -0.15) is 5.10 Å². The summed E-state index contributed by atoms with van der Waals surface area (Å²) in [5.74, 6) is 0.0238. The standard InChI is InChI=1S/C12H21N5O/c1-10(9-13)16-5-7-17(8-6-16)12(18)11-3-4-15(2)14-11/h3-4,10H,5-9,13H2,1-2H3. The van der Waals surface area contributed by atoms with E-state index in [0.29, 0.717) is 18.3 Å². The van der Waals surface area contributed by atoms with E-state index in [1.54, 1.807) is 16.9 Å². The second-order valence-corrected chi connectivity index (χ2v) is 4.79. The van der Waals surface area contributed by atoms with Crippen molar-refractivity contribution in [3.05, 3.63) is 18.0 Å². The predicted octanol–water partition coefficient (Wildman–Crippen LogP) is -0.475. The second-order valence-electron chi connectivity index (χ2n) is 4.79. The molecule has 1 amide bonds. The average molecular weight is 251 g/mol. The van der Waals surface area contributed by atoms with E-state index >= 15 is 0 Å². The van der Waals surface area contributed by atoms with E-state index in [2.05, 4.69) is 16.9 Å². The van der Waals surface area contributed by atoms with Gasteiger partial charge in [0.15, 0.2) is 0 Å². The lowest BCUT2D eigenvalue weighted by molar-refractivity contribution is 0.0583. The van der Waals surface area contributed by atoms with Crippen LogP contribution in [0.4, 0.5) is 0 Å². The summed E-state index contributed by atoms with van der Waals surface area (Å²) in [6.07, 6.45) is 1.79. The summed E-state index contributed by atoms with van der Waals surface area (Å²) in [4.78, 5) is 16.4. The topological polar surface area (TPSA) is 67.4 Å². The highest BCUT2D eigenvalue weighted by molar-refractivity contribution is 5.92. The Labute approximate surface area is 107 Å². The molecule has 100 valence electrons. The maximum atomic E-state index is 12.2. The number of nitrogens with two attached hydrogens (primary N) is 1. The van der Waals surface area contributed by atoms with Gasteiger partial charge >= 0.3 is 0 Å². The van der Waals surface area contributed by atoms with Crippen LogP contribution >= 0.6 is 0 Å². The van der Waals surface area contributed by atoms with Gasteiger partial charge in [-0.1, -0.05) is 0 Å². The van der Waals surface area contributed by atoms with Gasteiger partial charge in [0, 0.05) is 52.0 Å². The molecule has 2 heterocycles. The molecule has 2 N–H and O–H groups in total. The number of rotatable bonds is 3. The lowest BCUT2D eigenvalue weighted by Crippen LogP contribution is -2.52. The first kappa shape index (κ1) is 13.0. The Bertz CT molecular complexity index is 408. The molecule has 18 heavy (non-hydrogen) atoms. The van der Waals surface area contributed by atoms with Crippen molar-refractivity contribution in [2.24, 2.45) is 12.8 Å². The van der Waals surface area contributed by atoms with Crippen LogP contribution in [0.3, 0.4) is 0 Å². The minimum Gasteiger partial charge on any atom is -0.335 e. The first-order valence-corrected chi connectivity index (χ1v) is 6.35. The van der Waals surface area contributed by atoms with Gasteiger partial charge < -0.3 is 10.6 Å². The van der Waals surface area contributed by atoms with Crippen molar-refractivity contribution in [2.75, 3.05) is 32.7 Å². The summed E-state index contributed by atoms with van der Waals surface area (Å²) >= 11 is 0. The smallest absolute Gasteiger partial charge is 0.274 e. The van der Waals surface area contributed by atoms with Crippen molar-refractivity contribution in [1.82, 2.24) is 19.6 Å². The minimum atomic E-state index is 0.0238. The molecule has 1 aromatic heterocycles. The van der Waals surface area contributed by atoms with Gasteiger partial charge in [0.25, 0.3) is 5.91 Å². The van der Waals surface area contributed by atoms with Crippen molar-refractivity contribution < 1.29 is 4.79 Å². The van der Waals surface area contributed by atoms with E-state index in [1.807, 2.05) is 11.9 Å². The fourth-order valence-corrected chi connectivity index (χ4v) is 2.21. The SMILES string of the molecule is CC(CN)N1CCN(C(=O)c2ccn(C)n2)CC1. The van der Waals surface area contributed by atoms with Gasteiger partial charge in [-0.3, -0.25) is 14.4 Å². The van der Waals surface area contributed by atoms with Crippen LogP contribution in [0.5, 0.6) is 0 Å². The Morgan fingerprint density at radius 1 is 1.44 bits per heavy atom. The van der Waals surface area contributed by atoms with Gasteiger partial charge in [0.1, 0.15) is 5.69 Å². The van der Waals surface area contributed by atoms with Crippen molar-refractivity contribution in [3.63, 3.8) is 0 Å². The van der Waals surface area contributed by atoms with E-state index in [1.165, 1.54) is 0 Å². The van der Waals surface area contributed by atoms with Gasteiger partial charge in [-0.05, 0) is 13.0 Å². The largest absolute Gasteiger partial charge is 0.335 e. The molecule has 1 aliphatic rings. The molecule has 0 bridgehead atoms. The number of hydrogen-bond donors (Lipinski definition) is 1. The Hall–Kier alpha value is -1.40. The zero-order valence-electron chi connectivity index (χ0n) is 11.0. The van der Waals surface area contributed by atoms with Crippen molar-refractivity contribution in [2.45, 2.75) is 13.0 Å². The molecule has 0 aromatic carbocycles. The summed E-state index contributed by atoms with van der Waals surface area (Å²) in [6, 6.07) is 2.15. The number of hydrogen-bond acceptors (Lipinski definition) is 4. The van der Waals surface area contributed by atoms with Crippen molar-refractivity contribution in [3.8, 4) is 0 Å². The third-order valence-electron chi connectivity index (χ3n) is 3.50. The highest BCUT2D eigenvalue weighted by Crippen LogP contribution is 2.09. The number of carbonyl (C=O) groups excluding carboxylic acids is 1. The van der Waals surface area contributed by atoms with Gasteiger partial charge in [-0.25, -0.2) is 0 Å². The number of amides is 1. The first-order chi connectivity index (χ1) is 8.61. The predicted molar refractivity (Wildman–Crippen MR) is 69.2 cm³/mol. The normalized spacial score (nSPS) is 18.9. The highest BCUT2D eigenvalue weighted by atomic mass is 16.2. The molecule has 0 spiro atoms. The molecule has 6 heteroatoms. The number of aromatic nitrogens is 2. The molecule has 1 atom stereocenters. The third-order valence-corrected chi connectivity index (χ3v) is 3.50. The Kier molecular flexibility index (Phi) is 3.98. The van der Waals surface area contributed by atoms with E-state index < -0.39 is 0 Å². The molecule has 1 aliphatic heterocycles. The number of aryl methyl sites for hydroxylation is 1. The zero-order chi connectivity index (χ0) is 13.1. The molecule has 0 saturated carbocycles. The van der Waals surface area contributed by atoms with Crippen molar-refractivity contribution >= 4 is 5.91 Å². The fraction of sp³-hybridized carbons (Fsp3) is 0.667. The maximum absolute atomic E-state index is 12.2. The first-order valence-electron chi connectivity index (χ1n) is 6.35. The quantitative estimate of drug-likeness (QED) is 0.788. The highest BCUT2D eigenvalue weighted by Gasteiger charge is 2.25. The number of nitrogens with zero attached hydrogens (tertiary/aromatic N) is 4. The molecule has 0 radical (unpaired) electrons. The minimum absolute atomic E-state index is 0.0238. The van der Waals surface area contributed by atoms with E-state index in [9.17, 15) is 4.79 Å². The second kappa shape index (κ2) is 5.49. The van der Waals surface area contributed by atoms with E-state index in [-0.39, 0.29) is 5.91 Å². The van der Waals surface area contributed by atoms with Gasteiger partial charge in [-0.15, -0.1) is 0 Å². The molecule has 1 aromatic rings. The van der Waals surface area contributed by atoms with Crippen LogP contribution in [0.2, 0.25) is 0 Å². The van der Waals surface area contributed by atoms with Crippen LogP contribution in [-0.4, -0.2) is 64.3 Å². The Balaban J connectivity index is 1.92. The Morgan fingerprint density at radius 2 is 2.11 bits per heavy atom. The average Bonchev–Trinajstić information content (AvgIpc) is 2.84. The van der Waals surface area contributed by atoms with Gasteiger partial charge in [0.05, 0.1) is 0 Å². The van der Waals surface area contributed by atoms with Crippen LogP contribution in [0.25, 0.3) is 0 Å². The van der Waals surface area contributed by atoms with E-state index in [0.717, 1.165) is 26.2 Å². The summed E-state index contributed by atoms with van der Waals surface area (Å²) in [5.41, 5.74) is 6.18. The fourth-order valence-electron chi connectivity index (χ4n) is 2.21. The van der Waals surface area contributed by atoms with Crippen LogP contribution in [0, 0.1) is 0 Å². The monoisotopic (exact) mass is 251 g/mol. The third kappa shape index (κ3) is 2.70.